The molecular weight excluding hydrogens is 424 g/mol. The molecule has 1 aromatic heterocycles. The van der Waals surface area contributed by atoms with Gasteiger partial charge in [0.25, 0.3) is 5.56 Å². The summed E-state index contributed by atoms with van der Waals surface area (Å²) in [7, 11) is 1.70. The number of nitrogens with one attached hydrogen (secondary N) is 1. The first-order valence-electron chi connectivity index (χ1n) is 11.1. The van der Waals surface area contributed by atoms with Gasteiger partial charge >= 0.3 is 6.03 Å². The van der Waals surface area contributed by atoms with Crippen LogP contribution in [-0.4, -0.2) is 27.5 Å². The number of nitrogens with zero attached hydrogens (tertiary/aromatic N) is 3. The van der Waals surface area contributed by atoms with E-state index in [-0.39, 0.29) is 11.6 Å². The van der Waals surface area contributed by atoms with Crippen molar-refractivity contribution in [3.05, 3.63) is 113 Å². The summed E-state index contributed by atoms with van der Waals surface area (Å²) in [4.78, 5) is 33.1. The Labute approximate surface area is 197 Å². The van der Waals surface area contributed by atoms with Crippen molar-refractivity contribution in [1.29, 1.82) is 0 Å². The highest BCUT2D eigenvalue weighted by Crippen LogP contribution is 2.24. The first-order valence-corrected chi connectivity index (χ1v) is 11.1. The summed E-state index contributed by atoms with van der Waals surface area (Å²) in [5, 5.41) is 5.54. The Balaban J connectivity index is 1.63. The fourth-order valence-electron chi connectivity index (χ4n) is 4.08. The number of carbonyl (C=O) groups excluding carboxylic acids is 1. The normalized spacial score (nSPS) is 11.9. The number of anilines is 1. The lowest BCUT2D eigenvalue weighted by molar-refractivity contribution is 0.205. The molecular formula is C28H24N4O2. The van der Waals surface area contributed by atoms with E-state index in [2.05, 4.69) is 5.32 Å². The van der Waals surface area contributed by atoms with Gasteiger partial charge in [-0.25, -0.2) is 9.78 Å². The van der Waals surface area contributed by atoms with Crippen LogP contribution in [0.2, 0.25) is 0 Å². The molecule has 0 saturated heterocycles. The van der Waals surface area contributed by atoms with Crippen molar-refractivity contribution in [2.24, 2.45) is 0 Å². The molecule has 4 aromatic carbocycles. The zero-order valence-corrected chi connectivity index (χ0v) is 19.0. The number of aromatic nitrogens is 2. The molecule has 1 unspecified atom stereocenters. The molecule has 0 aliphatic carbocycles. The summed E-state index contributed by atoms with van der Waals surface area (Å²) >= 11 is 0. The number of hydrogen-bond donors (Lipinski definition) is 1. The number of urea groups is 1. The Morgan fingerprint density at radius 2 is 1.56 bits per heavy atom. The van der Waals surface area contributed by atoms with Gasteiger partial charge in [0, 0.05) is 12.7 Å². The standard InChI is InChI=1S/C28H24N4O2/c1-19(31(2)28(34)29-22-12-4-3-5-13-22)26-30-25-15-9-8-14-24(25)27(33)32(26)23-17-16-20-10-6-7-11-21(20)18-23/h3-19H,1-2H3,(H,29,34). The van der Waals surface area contributed by atoms with Crippen molar-refractivity contribution in [3.8, 4) is 5.69 Å². The summed E-state index contributed by atoms with van der Waals surface area (Å²) in [5.74, 6) is 0.490. The predicted molar refractivity (Wildman–Crippen MR) is 136 cm³/mol. The molecule has 0 bridgehead atoms. The molecule has 1 atom stereocenters. The zero-order valence-electron chi connectivity index (χ0n) is 19.0. The SMILES string of the molecule is CC(c1nc2ccccc2c(=O)n1-c1ccc2ccccc2c1)N(C)C(=O)Nc1ccccc1. The fraction of sp³-hybridized carbons (Fsp3) is 0.107. The van der Waals surface area contributed by atoms with Gasteiger partial charge in [0.1, 0.15) is 5.82 Å². The minimum absolute atomic E-state index is 0.167. The minimum Gasteiger partial charge on any atom is -0.318 e. The van der Waals surface area contributed by atoms with Crippen LogP contribution in [-0.2, 0) is 0 Å². The van der Waals surface area contributed by atoms with E-state index >= 15 is 0 Å². The van der Waals surface area contributed by atoms with Gasteiger partial charge in [0.15, 0.2) is 0 Å². The lowest BCUT2D eigenvalue weighted by Gasteiger charge is -2.27. The second-order valence-electron chi connectivity index (χ2n) is 8.24. The van der Waals surface area contributed by atoms with Crippen LogP contribution in [0.15, 0.2) is 102 Å². The third kappa shape index (κ3) is 3.90. The first kappa shape index (κ1) is 21.4. The minimum atomic E-state index is -0.479. The maximum absolute atomic E-state index is 13.7. The van der Waals surface area contributed by atoms with Gasteiger partial charge in [-0.2, -0.15) is 0 Å². The van der Waals surface area contributed by atoms with Crippen molar-refractivity contribution < 1.29 is 4.79 Å². The molecule has 6 nitrogen and oxygen atoms in total. The molecule has 0 radical (unpaired) electrons. The molecule has 2 amide bonds. The van der Waals surface area contributed by atoms with Gasteiger partial charge in [-0.15, -0.1) is 0 Å². The second-order valence-corrected chi connectivity index (χ2v) is 8.24. The van der Waals surface area contributed by atoms with E-state index in [9.17, 15) is 9.59 Å². The largest absolute Gasteiger partial charge is 0.322 e. The molecule has 6 heteroatoms. The average Bonchev–Trinajstić information content (AvgIpc) is 2.88. The number of benzene rings is 4. The quantitative estimate of drug-likeness (QED) is 0.380. The van der Waals surface area contributed by atoms with Crippen LogP contribution in [0.1, 0.15) is 18.8 Å². The molecule has 0 aliphatic rings. The van der Waals surface area contributed by atoms with Gasteiger partial charge in [0.05, 0.1) is 22.6 Å². The molecule has 0 aliphatic heterocycles. The number of amides is 2. The van der Waals surface area contributed by atoms with Crippen LogP contribution < -0.4 is 10.9 Å². The van der Waals surface area contributed by atoms with Gasteiger partial charge in [0.2, 0.25) is 0 Å². The van der Waals surface area contributed by atoms with Crippen molar-refractivity contribution in [2.75, 3.05) is 12.4 Å². The van der Waals surface area contributed by atoms with E-state index in [1.165, 1.54) is 0 Å². The van der Waals surface area contributed by atoms with Crippen molar-refractivity contribution in [1.82, 2.24) is 14.5 Å². The number of para-hydroxylation sites is 2. The Bertz CT molecular complexity index is 1560. The van der Waals surface area contributed by atoms with Crippen LogP contribution >= 0.6 is 0 Å². The summed E-state index contributed by atoms with van der Waals surface area (Å²) in [5.41, 5.74) is 1.84. The van der Waals surface area contributed by atoms with Crippen LogP contribution in [0.25, 0.3) is 27.4 Å². The molecule has 1 heterocycles. The Morgan fingerprint density at radius 3 is 2.35 bits per heavy atom. The molecule has 34 heavy (non-hydrogen) atoms. The second kappa shape index (κ2) is 8.83. The molecule has 168 valence electrons. The van der Waals surface area contributed by atoms with Crippen molar-refractivity contribution >= 4 is 33.4 Å². The van der Waals surface area contributed by atoms with Crippen LogP contribution in [0.4, 0.5) is 10.5 Å². The Hall–Kier alpha value is -4.45. The van der Waals surface area contributed by atoms with Crippen LogP contribution in [0.3, 0.4) is 0 Å². The van der Waals surface area contributed by atoms with E-state index in [0.717, 1.165) is 10.8 Å². The monoisotopic (exact) mass is 448 g/mol. The fourth-order valence-corrected chi connectivity index (χ4v) is 4.08. The maximum atomic E-state index is 13.7. The van der Waals surface area contributed by atoms with E-state index in [1.54, 1.807) is 22.6 Å². The topological polar surface area (TPSA) is 67.2 Å². The summed E-state index contributed by atoms with van der Waals surface area (Å²) in [6, 6.07) is 29.7. The molecule has 0 saturated carbocycles. The van der Waals surface area contributed by atoms with E-state index in [1.807, 2.05) is 97.9 Å². The molecule has 5 aromatic rings. The summed E-state index contributed by atoms with van der Waals surface area (Å²) < 4.78 is 1.62. The highest BCUT2D eigenvalue weighted by Gasteiger charge is 2.24. The maximum Gasteiger partial charge on any atom is 0.322 e. The van der Waals surface area contributed by atoms with Gasteiger partial charge in [-0.05, 0) is 54.1 Å². The van der Waals surface area contributed by atoms with Crippen molar-refractivity contribution in [3.63, 3.8) is 0 Å². The smallest absolute Gasteiger partial charge is 0.318 e. The van der Waals surface area contributed by atoms with E-state index in [4.69, 9.17) is 4.98 Å². The summed E-state index contributed by atoms with van der Waals surface area (Å²) in [6.45, 7) is 1.87. The van der Waals surface area contributed by atoms with Crippen LogP contribution in [0.5, 0.6) is 0 Å². The first-order chi connectivity index (χ1) is 16.5. The lowest BCUT2D eigenvalue weighted by Crippen LogP contribution is -2.37. The summed E-state index contributed by atoms with van der Waals surface area (Å²) in [6.07, 6.45) is 0. The molecule has 0 spiro atoms. The van der Waals surface area contributed by atoms with Gasteiger partial charge in [-0.3, -0.25) is 9.36 Å². The van der Waals surface area contributed by atoms with Crippen LogP contribution in [0, 0.1) is 0 Å². The van der Waals surface area contributed by atoms with Gasteiger partial charge in [-0.1, -0.05) is 60.7 Å². The van der Waals surface area contributed by atoms with E-state index in [0.29, 0.717) is 28.1 Å². The highest BCUT2D eigenvalue weighted by atomic mass is 16.2. The predicted octanol–water partition coefficient (Wildman–Crippen LogP) is 5.76. The Morgan fingerprint density at radius 1 is 0.882 bits per heavy atom. The molecule has 5 rings (SSSR count). The third-order valence-electron chi connectivity index (χ3n) is 6.09. The number of fused-ring (bicyclic) bond motifs is 2. The van der Waals surface area contributed by atoms with E-state index < -0.39 is 6.04 Å². The zero-order chi connectivity index (χ0) is 23.7. The third-order valence-corrected chi connectivity index (χ3v) is 6.09. The molecule has 1 N–H and O–H groups in total. The number of hydrogen-bond acceptors (Lipinski definition) is 3. The molecule has 0 fully saturated rings. The van der Waals surface area contributed by atoms with Gasteiger partial charge < -0.3 is 10.2 Å². The van der Waals surface area contributed by atoms with Crippen molar-refractivity contribution in [2.45, 2.75) is 13.0 Å². The number of rotatable bonds is 4. The number of carbonyl (C=O) groups is 1. The lowest BCUT2D eigenvalue weighted by atomic mass is 10.1. The average molecular weight is 449 g/mol. The highest BCUT2D eigenvalue weighted by molar-refractivity contribution is 5.89. The Kier molecular flexibility index (Phi) is 5.55.